The Morgan fingerprint density at radius 3 is 2.35 bits per heavy atom. The molecular weight excluding hydrogens is 323 g/mol. The van der Waals surface area contributed by atoms with E-state index in [2.05, 4.69) is 10.2 Å². The quantitative estimate of drug-likeness (QED) is 0.862. The average molecular weight is 334 g/mol. The number of halogens is 3. The maximum absolute atomic E-state index is 9.86. The van der Waals surface area contributed by atoms with Crippen LogP contribution in [0.3, 0.4) is 0 Å². The lowest BCUT2D eigenvalue weighted by Gasteiger charge is -2.19. The molecule has 1 aliphatic rings. The van der Waals surface area contributed by atoms with Crippen molar-refractivity contribution in [3.8, 4) is 11.5 Å². The summed E-state index contributed by atoms with van der Waals surface area (Å²) in [7, 11) is 0. The number of hydrogen-bond donors (Lipinski definition) is 1. The van der Waals surface area contributed by atoms with Crippen LogP contribution in [0.1, 0.15) is 36.3 Å². The smallest absolute Gasteiger partial charge is 0.247 e. The van der Waals surface area contributed by atoms with E-state index in [-0.39, 0.29) is 0 Å². The number of aliphatic hydroxyl groups is 1. The largest absolute Gasteiger partial charge is 0.420 e. The Kier molecular flexibility index (Phi) is 3.67. The summed E-state index contributed by atoms with van der Waals surface area (Å²) < 4.78 is 3.84. The van der Waals surface area contributed by atoms with Crippen LogP contribution in [0.15, 0.2) is 28.7 Å². The van der Waals surface area contributed by atoms with Gasteiger partial charge in [0.25, 0.3) is 0 Å². The first-order valence-electron chi connectivity index (χ1n) is 6.13. The van der Waals surface area contributed by atoms with Crippen molar-refractivity contribution in [3.05, 3.63) is 35.7 Å². The highest BCUT2D eigenvalue weighted by Gasteiger charge is 2.32. The van der Waals surface area contributed by atoms with Crippen molar-refractivity contribution in [1.82, 2.24) is 10.2 Å². The van der Waals surface area contributed by atoms with Crippen molar-refractivity contribution >= 4 is 34.8 Å². The van der Waals surface area contributed by atoms with Gasteiger partial charge in [0.1, 0.15) is 6.10 Å². The topological polar surface area (TPSA) is 59.2 Å². The van der Waals surface area contributed by atoms with E-state index in [1.807, 2.05) is 0 Å². The molecule has 0 aliphatic heterocycles. The van der Waals surface area contributed by atoms with Gasteiger partial charge in [-0.2, -0.15) is 0 Å². The molecule has 2 aromatic rings. The van der Waals surface area contributed by atoms with E-state index in [0.717, 1.165) is 18.4 Å². The molecule has 1 aromatic carbocycles. The van der Waals surface area contributed by atoms with Gasteiger partial charge in [0.2, 0.25) is 15.6 Å². The van der Waals surface area contributed by atoms with Crippen molar-refractivity contribution < 1.29 is 9.52 Å². The molecule has 1 heterocycles. The molecule has 3 rings (SSSR count). The molecule has 0 radical (unpaired) electrons. The summed E-state index contributed by atoms with van der Waals surface area (Å²) in [5.41, 5.74) is 1.28. The summed E-state index contributed by atoms with van der Waals surface area (Å²) in [5, 5.41) is 17.9. The maximum atomic E-state index is 9.86. The van der Waals surface area contributed by atoms with Gasteiger partial charge in [0.15, 0.2) is 0 Å². The Morgan fingerprint density at radius 2 is 1.80 bits per heavy atom. The molecule has 106 valence electrons. The van der Waals surface area contributed by atoms with Gasteiger partial charge in [-0.05, 0) is 30.5 Å². The van der Waals surface area contributed by atoms with Crippen LogP contribution in [0, 0.1) is 0 Å². The maximum Gasteiger partial charge on any atom is 0.247 e. The second-order valence-corrected chi connectivity index (χ2v) is 7.15. The molecule has 0 bridgehead atoms. The molecule has 4 nitrogen and oxygen atoms in total. The summed E-state index contributed by atoms with van der Waals surface area (Å²) in [6, 6.07) is 6.84. The molecule has 20 heavy (non-hydrogen) atoms. The standard InChI is InChI=1S/C13H11Cl3N2O2/c14-13(15,16)10(19)7-1-3-8(4-2-7)11-17-18-12(20-11)9-5-6-9/h1-4,9-10,19H,5-6H2. The number of hydrogen-bond acceptors (Lipinski definition) is 4. The molecule has 0 amide bonds. The van der Waals surface area contributed by atoms with E-state index < -0.39 is 9.90 Å². The van der Waals surface area contributed by atoms with Gasteiger partial charge < -0.3 is 9.52 Å². The second kappa shape index (κ2) is 5.19. The molecule has 1 atom stereocenters. The number of rotatable bonds is 3. The Hall–Kier alpha value is -0.810. The third-order valence-electron chi connectivity index (χ3n) is 3.15. The number of alkyl halides is 3. The van der Waals surface area contributed by atoms with E-state index in [9.17, 15) is 5.11 Å². The van der Waals surface area contributed by atoms with Gasteiger partial charge in [0, 0.05) is 11.5 Å². The summed E-state index contributed by atoms with van der Waals surface area (Å²) in [6.45, 7) is 0. The van der Waals surface area contributed by atoms with Crippen LogP contribution >= 0.6 is 34.8 Å². The van der Waals surface area contributed by atoms with Crippen molar-refractivity contribution in [2.45, 2.75) is 28.7 Å². The minimum atomic E-state index is -1.76. The Labute approximate surface area is 130 Å². The number of aliphatic hydroxyl groups excluding tert-OH is 1. The van der Waals surface area contributed by atoms with Crippen LogP contribution in [-0.2, 0) is 0 Å². The molecule has 1 saturated carbocycles. The van der Waals surface area contributed by atoms with Crippen LogP contribution in [0.5, 0.6) is 0 Å². The van der Waals surface area contributed by atoms with Gasteiger partial charge in [-0.1, -0.05) is 46.9 Å². The normalized spacial score (nSPS) is 17.2. The summed E-state index contributed by atoms with van der Waals surface area (Å²) in [6.07, 6.45) is 1.03. The third-order valence-corrected chi connectivity index (χ3v) is 3.77. The van der Waals surface area contributed by atoms with Crippen molar-refractivity contribution in [1.29, 1.82) is 0 Å². The fourth-order valence-electron chi connectivity index (χ4n) is 1.84. The molecule has 0 spiro atoms. The van der Waals surface area contributed by atoms with E-state index in [1.54, 1.807) is 24.3 Å². The third kappa shape index (κ3) is 2.93. The number of nitrogens with zero attached hydrogens (tertiary/aromatic N) is 2. The SMILES string of the molecule is OC(c1ccc(-c2nnc(C3CC3)o2)cc1)C(Cl)(Cl)Cl. The van der Waals surface area contributed by atoms with Gasteiger partial charge in [0.05, 0.1) is 0 Å². The zero-order valence-electron chi connectivity index (χ0n) is 10.3. The Balaban J connectivity index is 1.81. The van der Waals surface area contributed by atoms with Gasteiger partial charge in [-0.25, -0.2) is 0 Å². The second-order valence-electron chi connectivity index (χ2n) is 4.79. The first-order chi connectivity index (χ1) is 9.45. The highest BCUT2D eigenvalue weighted by Crippen LogP contribution is 2.41. The van der Waals surface area contributed by atoms with E-state index >= 15 is 0 Å². The minimum absolute atomic E-state index is 0.418. The first kappa shape index (κ1) is 14.1. The van der Waals surface area contributed by atoms with Crippen molar-refractivity contribution in [2.75, 3.05) is 0 Å². The lowest BCUT2D eigenvalue weighted by atomic mass is 10.1. The van der Waals surface area contributed by atoms with Crippen LogP contribution in [0.2, 0.25) is 0 Å². The molecule has 1 N–H and O–H groups in total. The first-order valence-corrected chi connectivity index (χ1v) is 7.27. The van der Waals surface area contributed by atoms with E-state index in [1.165, 1.54) is 0 Å². The van der Waals surface area contributed by atoms with E-state index in [4.69, 9.17) is 39.2 Å². The van der Waals surface area contributed by atoms with Crippen molar-refractivity contribution in [2.24, 2.45) is 0 Å². The number of aromatic nitrogens is 2. The minimum Gasteiger partial charge on any atom is -0.420 e. The zero-order chi connectivity index (χ0) is 14.3. The molecule has 1 aliphatic carbocycles. The summed E-state index contributed by atoms with van der Waals surface area (Å²) in [5.74, 6) is 1.56. The fraction of sp³-hybridized carbons (Fsp3) is 0.385. The van der Waals surface area contributed by atoms with Gasteiger partial charge in [-0.3, -0.25) is 0 Å². The van der Waals surface area contributed by atoms with Crippen LogP contribution in [-0.4, -0.2) is 19.1 Å². The highest BCUT2D eigenvalue weighted by molar-refractivity contribution is 6.68. The lowest BCUT2D eigenvalue weighted by molar-refractivity contribution is 0.182. The van der Waals surface area contributed by atoms with Crippen LogP contribution in [0.4, 0.5) is 0 Å². The molecule has 1 fully saturated rings. The monoisotopic (exact) mass is 332 g/mol. The average Bonchev–Trinajstić information content (AvgIpc) is 3.15. The predicted molar refractivity (Wildman–Crippen MR) is 77.0 cm³/mol. The van der Waals surface area contributed by atoms with Crippen LogP contribution < -0.4 is 0 Å². The summed E-state index contributed by atoms with van der Waals surface area (Å²) >= 11 is 17.0. The van der Waals surface area contributed by atoms with Gasteiger partial charge in [-0.15, -0.1) is 10.2 Å². The van der Waals surface area contributed by atoms with Crippen molar-refractivity contribution in [3.63, 3.8) is 0 Å². The molecule has 7 heteroatoms. The summed E-state index contributed by atoms with van der Waals surface area (Å²) in [4.78, 5) is 0. The molecule has 1 unspecified atom stereocenters. The Bertz CT molecular complexity index is 603. The highest BCUT2D eigenvalue weighted by atomic mass is 35.6. The molecule has 0 saturated heterocycles. The van der Waals surface area contributed by atoms with Crippen LogP contribution in [0.25, 0.3) is 11.5 Å². The number of benzene rings is 1. The predicted octanol–water partition coefficient (Wildman–Crippen LogP) is 4.02. The molecule has 1 aromatic heterocycles. The Morgan fingerprint density at radius 1 is 1.15 bits per heavy atom. The zero-order valence-corrected chi connectivity index (χ0v) is 12.5. The van der Waals surface area contributed by atoms with Gasteiger partial charge >= 0.3 is 0 Å². The molecular formula is C13H11Cl3N2O2. The fourth-order valence-corrected chi connectivity index (χ4v) is 2.22. The lowest BCUT2D eigenvalue weighted by Crippen LogP contribution is -2.16. The van der Waals surface area contributed by atoms with E-state index in [0.29, 0.717) is 23.3 Å².